The zero-order valence-corrected chi connectivity index (χ0v) is 9.03. The summed E-state index contributed by atoms with van der Waals surface area (Å²) in [5.74, 6) is -0.432. The lowest BCUT2D eigenvalue weighted by molar-refractivity contribution is -0.127. The number of nitrogen functional groups attached to an aromatic ring is 1. The van der Waals surface area contributed by atoms with Crippen molar-refractivity contribution in [1.82, 2.24) is 4.90 Å². The molecule has 1 aliphatic heterocycles. The van der Waals surface area contributed by atoms with Gasteiger partial charge in [-0.3, -0.25) is 4.79 Å². The Morgan fingerprint density at radius 3 is 2.88 bits per heavy atom. The van der Waals surface area contributed by atoms with Crippen molar-refractivity contribution in [3.05, 3.63) is 24.0 Å². The molecule has 0 aliphatic carbocycles. The second kappa shape index (κ2) is 4.00. The van der Waals surface area contributed by atoms with Crippen LogP contribution >= 0.6 is 0 Å². The number of anilines is 2. The van der Waals surface area contributed by atoms with Crippen LogP contribution in [-0.4, -0.2) is 30.4 Å². The van der Waals surface area contributed by atoms with Crippen molar-refractivity contribution in [1.29, 1.82) is 0 Å². The van der Waals surface area contributed by atoms with E-state index in [4.69, 9.17) is 5.73 Å². The molecule has 16 heavy (non-hydrogen) atoms. The molecule has 1 aromatic rings. The monoisotopic (exact) mass is 223 g/mol. The fourth-order valence-corrected chi connectivity index (χ4v) is 1.79. The summed E-state index contributed by atoms with van der Waals surface area (Å²) in [4.78, 5) is 13.2. The van der Waals surface area contributed by atoms with Crippen molar-refractivity contribution < 1.29 is 9.18 Å². The molecule has 0 bridgehead atoms. The molecule has 0 spiro atoms. The van der Waals surface area contributed by atoms with Gasteiger partial charge in [-0.25, -0.2) is 4.39 Å². The number of nitrogens with two attached hydrogens (primary N) is 1. The topological polar surface area (TPSA) is 58.4 Å². The number of carbonyl (C=O) groups is 1. The van der Waals surface area contributed by atoms with Gasteiger partial charge in [-0.1, -0.05) is 0 Å². The highest BCUT2D eigenvalue weighted by atomic mass is 19.1. The van der Waals surface area contributed by atoms with Crippen molar-refractivity contribution in [3.8, 4) is 0 Å². The van der Waals surface area contributed by atoms with Crippen LogP contribution < -0.4 is 11.1 Å². The molecule has 0 radical (unpaired) electrons. The maximum atomic E-state index is 13.5. The number of halogens is 1. The Hall–Kier alpha value is -1.78. The standard InChI is InChI=1S/C11H14FN3O/c1-15-5-4-10(11(15)16)14-9-3-2-7(13)6-8(9)12/h2-3,6,10,14H,4-5,13H2,1H3. The van der Waals surface area contributed by atoms with E-state index < -0.39 is 5.82 Å². The number of amides is 1. The summed E-state index contributed by atoms with van der Waals surface area (Å²) < 4.78 is 13.5. The second-order valence-corrected chi connectivity index (χ2v) is 3.98. The average molecular weight is 223 g/mol. The van der Waals surface area contributed by atoms with Gasteiger partial charge in [0.15, 0.2) is 0 Å². The van der Waals surface area contributed by atoms with E-state index >= 15 is 0 Å². The summed E-state index contributed by atoms with van der Waals surface area (Å²) in [6, 6.07) is 4.07. The van der Waals surface area contributed by atoms with Crippen LogP contribution in [-0.2, 0) is 4.79 Å². The predicted octanol–water partition coefficient (Wildman–Crippen LogP) is 1.05. The number of likely N-dealkylation sites (N-methyl/N-ethyl adjacent to an activating group) is 1. The first-order valence-electron chi connectivity index (χ1n) is 5.14. The number of likely N-dealkylation sites (tertiary alicyclic amines) is 1. The van der Waals surface area contributed by atoms with Crippen LogP contribution in [0.4, 0.5) is 15.8 Å². The first kappa shape index (κ1) is 10.7. The third-order valence-corrected chi connectivity index (χ3v) is 2.75. The third kappa shape index (κ3) is 1.93. The van der Waals surface area contributed by atoms with E-state index in [1.54, 1.807) is 24.1 Å². The first-order chi connectivity index (χ1) is 7.58. The molecule has 5 heteroatoms. The van der Waals surface area contributed by atoms with E-state index in [2.05, 4.69) is 5.32 Å². The molecule has 0 aromatic heterocycles. The molecule has 1 amide bonds. The van der Waals surface area contributed by atoms with Gasteiger partial charge in [-0.2, -0.15) is 0 Å². The average Bonchev–Trinajstić information content (AvgIpc) is 2.54. The molecular formula is C11H14FN3O. The Bertz CT molecular complexity index is 422. The molecule has 1 saturated heterocycles. The lowest BCUT2D eigenvalue weighted by Gasteiger charge is -2.14. The molecule has 1 aliphatic rings. The fourth-order valence-electron chi connectivity index (χ4n) is 1.79. The first-order valence-corrected chi connectivity index (χ1v) is 5.14. The van der Waals surface area contributed by atoms with E-state index in [1.165, 1.54) is 6.07 Å². The van der Waals surface area contributed by atoms with Gasteiger partial charge in [-0.15, -0.1) is 0 Å². The van der Waals surface area contributed by atoms with Crippen molar-refractivity contribution in [2.45, 2.75) is 12.5 Å². The zero-order valence-electron chi connectivity index (χ0n) is 9.03. The highest BCUT2D eigenvalue weighted by Gasteiger charge is 2.29. The molecule has 86 valence electrons. The van der Waals surface area contributed by atoms with Crippen LogP contribution in [0.15, 0.2) is 18.2 Å². The predicted molar refractivity (Wildman–Crippen MR) is 60.5 cm³/mol. The Morgan fingerprint density at radius 1 is 1.56 bits per heavy atom. The van der Waals surface area contributed by atoms with Gasteiger partial charge in [0.2, 0.25) is 5.91 Å². The molecule has 0 saturated carbocycles. The maximum absolute atomic E-state index is 13.5. The van der Waals surface area contributed by atoms with Gasteiger partial charge >= 0.3 is 0 Å². The fraction of sp³-hybridized carbons (Fsp3) is 0.364. The van der Waals surface area contributed by atoms with Crippen molar-refractivity contribution in [3.63, 3.8) is 0 Å². The number of carbonyl (C=O) groups excluding carboxylic acids is 1. The van der Waals surface area contributed by atoms with E-state index in [0.29, 0.717) is 24.3 Å². The molecule has 3 N–H and O–H groups in total. The number of nitrogens with zero attached hydrogens (tertiary/aromatic N) is 1. The van der Waals surface area contributed by atoms with Crippen LogP contribution in [0.1, 0.15) is 6.42 Å². The van der Waals surface area contributed by atoms with Crippen molar-refractivity contribution in [2.24, 2.45) is 0 Å². The highest BCUT2D eigenvalue weighted by Crippen LogP contribution is 2.20. The van der Waals surface area contributed by atoms with Crippen LogP contribution in [0, 0.1) is 5.82 Å². The van der Waals surface area contributed by atoms with E-state index in [1.807, 2.05) is 0 Å². The molecule has 1 fully saturated rings. The second-order valence-electron chi connectivity index (χ2n) is 3.98. The van der Waals surface area contributed by atoms with E-state index in [-0.39, 0.29) is 11.9 Å². The number of rotatable bonds is 2. The largest absolute Gasteiger partial charge is 0.399 e. The molecule has 1 unspecified atom stereocenters. The quantitative estimate of drug-likeness (QED) is 0.737. The summed E-state index contributed by atoms with van der Waals surface area (Å²) in [6.07, 6.45) is 0.694. The lowest BCUT2D eigenvalue weighted by atomic mass is 10.2. The maximum Gasteiger partial charge on any atom is 0.244 e. The summed E-state index contributed by atoms with van der Waals surface area (Å²) in [6.45, 7) is 0.701. The summed E-state index contributed by atoms with van der Waals surface area (Å²) >= 11 is 0. The summed E-state index contributed by atoms with van der Waals surface area (Å²) in [7, 11) is 1.74. The lowest BCUT2D eigenvalue weighted by Crippen LogP contribution is -2.31. The van der Waals surface area contributed by atoms with Crippen LogP contribution in [0.3, 0.4) is 0 Å². The minimum atomic E-state index is -0.428. The number of benzene rings is 1. The van der Waals surface area contributed by atoms with Crippen LogP contribution in [0.2, 0.25) is 0 Å². The molecule has 2 rings (SSSR count). The van der Waals surface area contributed by atoms with Gasteiger partial charge < -0.3 is 16.0 Å². The minimum Gasteiger partial charge on any atom is -0.399 e. The Morgan fingerprint density at radius 2 is 2.31 bits per heavy atom. The third-order valence-electron chi connectivity index (χ3n) is 2.75. The molecule has 1 aromatic carbocycles. The van der Waals surface area contributed by atoms with E-state index in [9.17, 15) is 9.18 Å². The van der Waals surface area contributed by atoms with Gasteiger partial charge in [0, 0.05) is 19.3 Å². The van der Waals surface area contributed by atoms with Crippen molar-refractivity contribution in [2.75, 3.05) is 24.6 Å². The molecule has 4 nitrogen and oxygen atoms in total. The molecular weight excluding hydrogens is 209 g/mol. The van der Waals surface area contributed by atoms with Crippen LogP contribution in [0.5, 0.6) is 0 Å². The Labute approximate surface area is 93.2 Å². The van der Waals surface area contributed by atoms with Gasteiger partial charge in [0.05, 0.1) is 5.69 Å². The van der Waals surface area contributed by atoms with Gasteiger partial charge in [0.1, 0.15) is 11.9 Å². The normalized spacial score (nSPS) is 20.2. The zero-order chi connectivity index (χ0) is 11.7. The van der Waals surface area contributed by atoms with E-state index in [0.717, 1.165) is 0 Å². The smallest absolute Gasteiger partial charge is 0.244 e. The number of hydrogen-bond donors (Lipinski definition) is 2. The molecule has 1 heterocycles. The van der Waals surface area contributed by atoms with Gasteiger partial charge in [0.25, 0.3) is 0 Å². The number of nitrogens with one attached hydrogen (secondary N) is 1. The molecule has 1 atom stereocenters. The minimum absolute atomic E-state index is 0.00350. The van der Waals surface area contributed by atoms with Crippen LogP contribution in [0.25, 0.3) is 0 Å². The number of hydrogen-bond acceptors (Lipinski definition) is 3. The Balaban J connectivity index is 2.12. The SMILES string of the molecule is CN1CCC(Nc2ccc(N)cc2F)C1=O. The summed E-state index contributed by atoms with van der Waals surface area (Å²) in [5, 5.41) is 2.89. The summed E-state index contributed by atoms with van der Waals surface area (Å²) in [5.41, 5.74) is 6.14. The Kier molecular flexibility index (Phi) is 2.68. The highest BCUT2D eigenvalue weighted by molar-refractivity contribution is 5.86. The van der Waals surface area contributed by atoms with Crippen molar-refractivity contribution >= 4 is 17.3 Å². The van der Waals surface area contributed by atoms with Gasteiger partial charge in [-0.05, 0) is 24.6 Å².